The lowest BCUT2D eigenvalue weighted by Gasteiger charge is -2.20. The summed E-state index contributed by atoms with van der Waals surface area (Å²) >= 11 is 0. The SMILES string of the molecule is CCCCCCCCCCCCCCCCCCCCCCCC(=O)OC[C@@H](COP(=O)(O)OC[C@H](O)CO)OC(=O)CCCCCCCCC. The lowest BCUT2D eigenvalue weighted by atomic mass is 10.0. The molecule has 0 aliphatic heterocycles. The lowest BCUT2D eigenvalue weighted by Crippen LogP contribution is -2.29. The molecule has 10 nitrogen and oxygen atoms in total. The molecule has 0 fully saturated rings. The van der Waals surface area contributed by atoms with E-state index in [1.165, 1.54) is 135 Å². The monoisotopic (exact) mass is 751 g/mol. The van der Waals surface area contributed by atoms with Crippen LogP contribution in [0.15, 0.2) is 0 Å². The van der Waals surface area contributed by atoms with Crippen LogP contribution in [0, 0.1) is 0 Å². The van der Waals surface area contributed by atoms with Crippen LogP contribution in [-0.2, 0) is 32.7 Å². The first-order valence-electron chi connectivity index (χ1n) is 21.0. The Morgan fingerprint density at radius 1 is 0.510 bits per heavy atom. The molecule has 0 aromatic heterocycles. The highest BCUT2D eigenvalue weighted by molar-refractivity contribution is 7.47. The first-order chi connectivity index (χ1) is 24.7. The number of phosphoric ester groups is 1. The number of rotatable bonds is 40. The Balaban J connectivity index is 4.05. The van der Waals surface area contributed by atoms with Gasteiger partial charge in [0.25, 0.3) is 0 Å². The number of esters is 2. The van der Waals surface area contributed by atoms with Crippen molar-refractivity contribution in [3.8, 4) is 0 Å². The number of hydrogen-bond acceptors (Lipinski definition) is 9. The summed E-state index contributed by atoms with van der Waals surface area (Å²) in [5, 5.41) is 18.2. The maximum absolute atomic E-state index is 12.4. The van der Waals surface area contributed by atoms with Gasteiger partial charge in [-0.05, 0) is 12.8 Å². The zero-order valence-electron chi connectivity index (χ0n) is 32.8. The van der Waals surface area contributed by atoms with Gasteiger partial charge in [-0.25, -0.2) is 4.57 Å². The van der Waals surface area contributed by atoms with E-state index in [1.807, 2.05) is 0 Å². The van der Waals surface area contributed by atoms with Crippen molar-refractivity contribution in [2.75, 3.05) is 26.4 Å². The fourth-order valence-corrected chi connectivity index (χ4v) is 6.78. The number of phosphoric acid groups is 1. The molecule has 0 spiro atoms. The molecule has 0 aliphatic rings. The van der Waals surface area contributed by atoms with Crippen molar-refractivity contribution in [1.29, 1.82) is 0 Å². The minimum atomic E-state index is -4.60. The Hall–Kier alpha value is -1.03. The molecular weight excluding hydrogens is 671 g/mol. The van der Waals surface area contributed by atoms with Crippen LogP contribution in [-0.4, -0.2) is 65.7 Å². The smallest absolute Gasteiger partial charge is 0.462 e. The van der Waals surface area contributed by atoms with E-state index in [-0.39, 0.29) is 19.4 Å². The molecule has 0 amide bonds. The zero-order valence-corrected chi connectivity index (χ0v) is 33.7. The molecule has 0 bridgehead atoms. The average molecular weight is 751 g/mol. The minimum Gasteiger partial charge on any atom is -0.462 e. The van der Waals surface area contributed by atoms with Gasteiger partial charge in [-0.2, -0.15) is 0 Å². The van der Waals surface area contributed by atoms with Crippen molar-refractivity contribution in [2.45, 2.75) is 219 Å². The van der Waals surface area contributed by atoms with E-state index in [9.17, 15) is 24.2 Å². The molecule has 1 unspecified atom stereocenters. The van der Waals surface area contributed by atoms with E-state index >= 15 is 0 Å². The summed E-state index contributed by atoms with van der Waals surface area (Å²) < 4.78 is 32.5. The second kappa shape index (κ2) is 37.3. The maximum atomic E-state index is 12.4. The van der Waals surface area contributed by atoms with Gasteiger partial charge >= 0.3 is 19.8 Å². The number of unbranched alkanes of at least 4 members (excludes halogenated alkanes) is 26. The largest absolute Gasteiger partial charge is 0.472 e. The molecule has 0 aliphatic carbocycles. The minimum absolute atomic E-state index is 0.188. The van der Waals surface area contributed by atoms with Crippen molar-refractivity contribution in [1.82, 2.24) is 0 Å². The van der Waals surface area contributed by atoms with Crippen molar-refractivity contribution in [3.05, 3.63) is 0 Å². The van der Waals surface area contributed by atoms with E-state index in [0.29, 0.717) is 12.8 Å². The van der Waals surface area contributed by atoms with Crippen LogP contribution in [0.4, 0.5) is 0 Å². The van der Waals surface area contributed by atoms with Gasteiger partial charge in [0, 0.05) is 12.8 Å². The second-order valence-corrected chi connectivity index (χ2v) is 15.8. The average Bonchev–Trinajstić information content (AvgIpc) is 3.12. The number of aliphatic hydroxyl groups is 2. The molecule has 0 saturated carbocycles. The van der Waals surface area contributed by atoms with Crippen molar-refractivity contribution < 1.29 is 47.8 Å². The maximum Gasteiger partial charge on any atom is 0.472 e. The number of aliphatic hydroxyl groups excluding tert-OH is 2. The van der Waals surface area contributed by atoms with Gasteiger partial charge in [-0.1, -0.05) is 181 Å². The number of carbonyl (C=O) groups excluding carboxylic acids is 2. The number of ether oxygens (including phenoxy) is 2. The molecule has 3 atom stereocenters. The summed E-state index contributed by atoms with van der Waals surface area (Å²) in [7, 11) is -4.60. The van der Waals surface area contributed by atoms with Gasteiger partial charge in [0.2, 0.25) is 0 Å². The normalized spacial score (nSPS) is 13.9. The molecule has 0 rings (SSSR count). The third kappa shape index (κ3) is 37.1. The topological polar surface area (TPSA) is 149 Å². The van der Waals surface area contributed by atoms with Crippen LogP contribution >= 0.6 is 7.82 Å². The molecule has 51 heavy (non-hydrogen) atoms. The Labute approximate surface area is 312 Å². The summed E-state index contributed by atoms with van der Waals surface area (Å²) in [6.45, 7) is 2.35. The summed E-state index contributed by atoms with van der Waals surface area (Å²) in [4.78, 5) is 34.7. The van der Waals surface area contributed by atoms with Crippen molar-refractivity contribution >= 4 is 19.8 Å². The molecule has 304 valence electrons. The molecule has 0 radical (unpaired) electrons. The fraction of sp³-hybridized carbons (Fsp3) is 0.950. The van der Waals surface area contributed by atoms with Crippen LogP contribution < -0.4 is 0 Å². The van der Waals surface area contributed by atoms with E-state index in [2.05, 4.69) is 18.4 Å². The van der Waals surface area contributed by atoms with Gasteiger partial charge < -0.3 is 24.6 Å². The second-order valence-electron chi connectivity index (χ2n) is 14.4. The third-order valence-corrected chi connectivity index (χ3v) is 10.2. The predicted octanol–water partition coefficient (Wildman–Crippen LogP) is 10.7. The molecule has 3 N–H and O–H groups in total. The Bertz CT molecular complexity index is 827. The number of carbonyl (C=O) groups is 2. The van der Waals surface area contributed by atoms with Gasteiger partial charge in [0.1, 0.15) is 12.7 Å². The molecule has 0 aromatic carbocycles. The molecule has 0 heterocycles. The van der Waals surface area contributed by atoms with Gasteiger partial charge in [-0.3, -0.25) is 18.6 Å². The lowest BCUT2D eigenvalue weighted by molar-refractivity contribution is -0.161. The molecular formula is C40H79O10P. The predicted molar refractivity (Wildman–Crippen MR) is 206 cm³/mol. The Morgan fingerprint density at radius 3 is 1.22 bits per heavy atom. The van der Waals surface area contributed by atoms with Crippen LogP contribution in [0.3, 0.4) is 0 Å². The highest BCUT2D eigenvalue weighted by Gasteiger charge is 2.27. The van der Waals surface area contributed by atoms with Crippen molar-refractivity contribution in [3.63, 3.8) is 0 Å². The van der Waals surface area contributed by atoms with E-state index in [0.717, 1.165) is 32.1 Å². The quantitative estimate of drug-likeness (QED) is 0.0314. The highest BCUT2D eigenvalue weighted by atomic mass is 31.2. The molecule has 0 aromatic rings. The van der Waals surface area contributed by atoms with Crippen LogP contribution in [0.25, 0.3) is 0 Å². The van der Waals surface area contributed by atoms with E-state index in [4.69, 9.17) is 19.1 Å². The first kappa shape index (κ1) is 50.0. The summed E-state index contributed by atoms with van der Waals surface area (Å²) in [5.41, 5.74) is 0. The van der Waals surface area contributed by atoms with Crippen LogP contribution in [0.2, 0.25) is 0 Å². The zero-order chi connectivity index (χ0) is 37.7. The standard InChI is InChI=1S/C40H79O10P/c1-3-5-7-9-11-12-13-14-15-16-17-18-19-20-21-22-23-24-26-27-29-31-39(43)47-35-38(36-49-51(45,46)48-34-37(42)33-41)50-40(44)32-30-28-25-10-8-6-4-2/h37-38,41-42H,3-36H2,1-2H3,(H,45,46)/t37-,38+/m1/s1. The molecule has 0 saturated heterocycles. The number of hydrogen-bond donors (Lipinski definition) is 3. The fourth-order valence-electron chi connectivity index (χ4n) is 5.99. The summed E-state index contributed by atoms with van der Waals surface area (Å²) in [6.07, 6.45) is 32.5. The van der Waals surface area contributed by atoms with Gasteiger partial charge in [0.15, 0.2) is 6.10 Å². The molecule has 11 heteroatoms. The summed E-state index contributed by atoms with van der Waals surface area (Å²) in [5.74, 6) is -0.919. The first-order valence-corrected chi connectivity index (χ1v) is 22.5. The summed E-state index contributed by atoms with van der Waals surface area (Å²) in [6, 6.07) is 0. The van der Waals surface area contributed by atoms with Gasteiger partial charge in [-0.15, -0.1) is 0 Å². The van der Waals surface area contributed by atoms with Crippen molar-refractivity contribution in [2.24, 2.45) is 0 Å². The van der Waals surface area contributed by atoms with Gasteiger partial charge in [0.05, 0.1) is 19.8 Å². The Morgan fingerprint density at radius 2 is 0.843 bits per heavy atom. The Kier molecular flexibility index (Phi) is 36.5. The highest BCUT2D eigenvalue weighted by Crippen LogP contribution is 2.43. The van der Waals surface area contributed by atoms with Crippen LogP contribution in [0.5, 0.6) is 0 Å². The van der Waals surface area contributed by atoms with E-state index in [1.54, 1.807) is 0 Å². The van der Waals surface area contributed by atoms with E-state index < -0.39 is 51.8 Å². The third-order valence-electron chi connectivity index (χ3n) is 9.26. The van der Waals surface area contributed by atoms with Crippen LogP contribution in [0.1, 0.15) is 206 Å².